The van der Waals surface area contributed by atoms with Gasteiger partial charge < -0.3 is 0 Å². The van der Waals surface area contributed by atoms with Crippen LogP contribution in [0.2, 0.25) is 0 Å². The summed E-state index contributed by atoms with van der Waals surface area (Å²) in [4.78, 5) is 19.3. The zero-order valence-electron chi connectivity index (χ0n) is 8.73. The Morgan fingerprint density at radius 3 is 2.57 bits per heavy atom. The van der Waals surface area contributed by atoms with E-state index in [2.05, 4.69) is 18.4 Å². The molecule has 0 aliphatic heterocycles. The van der Waals surface area contributed by atoms with E-state index in [-0.39, 0.29) is 12.4 Å². The Balaban J connectivity index is 3.31. The number of unbranched alkanes of at least 4 members (excludes halogenated alkanes) is 1. The molecule has 1 N–H and O–H groups in total. The number of rotatable bonds is 8. The second kappa shape index (κ2) is 8.04. The zero-order chi connectivity index (χ0) is 11.0. The fraction of sp³-hybridized carbons (Fsp3) is 0.889. The van der Waals surface area contributed by atoms with Gasteiger partial charge in [-0.25, -0.2) is 0 Å². The van der Waals surface area contributed by atoms with Crippen LogP contribution < -0.4 is 0 Å². The van der Waals surface area contributed by atoms with Crippen molar-refractivity contribution >= 4 is 14.0 Å². The van der Waals surface area contributed by atoms with E-state index in [1.54, 1.807) is 0 Å². The topological polar surface area (TPSA) is 63.6 Å². The second-order valence-electron chi connectivity index (χ2n) is 3.69. The van der Waals surface area contributed by atoms with Gasteiger partial charge in [-0.3, -0.25) is 4.79 Å². The van der Waals surface area contributed by atoms with E-state index >= 15 is 0 Å². The molecule has 0 aromatic rings. The first-order valence-corrected chi connectivity index (χ1v) is 5.96. The lowest BCUT2D eigenvalue weighted by molar-refractivity contribution is -0.121. The summed E-state index contributed by atoms with van der Waals surface area (Å²) < 4.78 is 14.4. The third kappa shape index (κ3) is 9.78. The van der Waals surface area contributed by atoms with Crippen molar-refractivity contribution in [2.75, 3.05) is 6.61 Å². The highest BCUT2D eigenvalue weighted by atomic mass is 31.1. The monoisotopic (exact) mass is 221 g/mol. The van der Waals surface area contributed by atoms with Crippen molar-refractivity contribution < 1.29 is 18.8 Å². The summed E-state index contributed by atoms with van der Waals surface area (Å²) in [6, 6.07) is 0. The summed E-state index contributed by atoms with van der Waals surface area (Å²) >= 11 is 0. The lowest BCUT2D eigenvalue weighted by atomic mass is 10.0. The maximum Gasteiger partial charge on any atom is 0.695 e. The minimum absolute atomic E-state index is 0.105. The zero-order valence-corrected chi connectivity index (χ0v) is 9.63. The highest BCUT2D eigenvalue weighted by molar-refractivity contribution is 7.32. The van der Waals surface area contributed by atoms with E-state index in [0.29, 0.717) is 12.3 Å². The average molecular weight is 221 g/mol. The van der Waals surface area contributed by atoms with E-state index in [4.69, 9.17) is 4.89 Å². The number of carbonyl (C=O) groups excluding carboxylic acids is 1. The van der Waals surface area contributed by atoms with Crippen LogP contribution in [-0.4, -0.2) is 17.3 Å². The summed E-state index contributed by atoms with van der Waals surface area (Å²) in [5, 5.41) is 0. The summed E-state index contributed by atoms with van der Waals surface area (Å²) in [7, 11) is -2.63. The van der Waals surface area contributed by atoms with Crippen LogP contribution in [0.1, 0.15) is 39.5 Å². The summed E-state index contributed by atoms with van der Waals surface area (Å²) in [6.07, 6.45) is 3.41. The van der Waals surface area contributed by atoms with Crippen LogP contribution in [0.3, 0.4) is 0 Å². The van der Waals surface area contributed by atoms with Crippen LogP contribution in [0.4, 0.5) is 0 Å². The molecule has 0 saturated carbocycles. The first-order valence-electron chi connectivity index (χ1n) is 4.83. The predicted octanol–water partition coefficient (Wildman–Crippen LogP) is 2.44. The molecule has 82 valence electrons. The van der Waals surface area contributed by atoms with Crippen LogP contribution in [0, 0.1) is 5.92 Å². The lowest BCUT2D eigenvalue weighted by Gasteiger charge is -2.02. The Labute approximate surface area is 85.6 Å². The molecule has 1 atom stereocenters. The molecular weight excluding hydrogens is 203 g/mol. The maximum atomic E-state index is 11.0. The minimum atomic E-state index is -2.63. The number of hydrogen-bond acceptors (Lipinski definition) is 3. The van der Waals surface area contributed by atoms with Crippen molar-refractivity contribution in [3.8, 4) is 0 Å². The van der Waals surface area contributed by atoms with Gasteiger partial charge in [-0.1, -0.05) is 26.7 Å². The molecule has 0 aromatic carbocycles. The molecule has 0 radical (unpaired) electrons. The summed E-state index contributed by atoms with van der Waals surface area (Å²) in [5.74, 6) is 0.555. The lowest BCUT2D eigenvalue weighted by Crippen LogP contribution is -2.05. The van der Waals surface area contributed by atoms with Crippen molar-refractivity contribution in [3.63, 3.8) is 0 Å². The Hall–Kier alpha value is -0.310. The Bertz CT molecular complexity index is 191. The molecule has 0 aliphatic carbocycles. The van der Waals surface area contributed by atoms with Gasteiger partial charge >= 0.3 is 8.25 Å². The van der Waals surface area contributed by atoms with Crippen molar-refractivity contribution in [1.82, 2.24) is 0 Å². The fourth-order valence-corrected chi connectivity index (χ4v) is 1.33. The van der Waals surface area contributed by atoms with Gasteiger partial charge in [0, 0.05) is 11.0 Å². The van der Waals surface area contributed by atoms with Crippen molar-refractivity contribution in [2.24, 2.45) is 5.92 Å². The third-order valence-electron chi connectivity index (χ3n) is 1.82. The number of hydrogen-bond donors (Lipinski definition) is 1. The Morgan fingerprint density at radius 2 is 2.07 bits per heavy atom. The van der Waals surface area contributed by atoms with Gasteiger partial charge in [-0.2, -0.15) is 0 Å². The van der Waals surface area contributed by atoms with E-state index in [1.165, 1.54) is 0 Å². The molecule has 0 amide bonds. The van der Waals surface area contributed by atoms with Gasteiger partial charge in [0.1, 0.15) is 0 Å². The van der Waals surface area contributed by atoms with E-state index < -0.39 is 8.25 Å². The molecule has 0 fully saturated rings. The van der Waals surface area contributed by atoms with Gasteiger partial charge in [0.25, 0.3) is 0 Å². The normalized spacial score (nSPS) is 11.9. The molecule has 4 nitrogen and oxygen atoms in total. The van der Waals surface area contributed by atoms with Crippen LogP contribution in [-0.2, 0) is 13.9 Å². The molecule has 0 aromatic heterocycles. The largest absolute Gasteiger partial charge is 0.695 e. The van der Waals surface area contributed by atoms with Crippen LogP contribution in [0.15, 0.2) is 0 Å². The summed E-state index contributed by atoms with van der Waals surface area (Å²) in [5.41, 5.74) is 0. The molecular formula is C9H18O4P+. The highest BCUT2D eigenvalue weighted by Crippen LogP contribution is 2.14. The first kappa shape index (κ1) is 13.7. The molecule has 1 unspecified atom stereocenters. The van der Waals surface area contributed by atoms with Crippen LogP contribution >= 0.6 is 8.25 Å². The molecule has 0 heterocycles. The molecule has 14 heavy (non-hydrogen) atoms. The summed E-state index contributed by atoms with van der Waals surface area (Å²) in [6.45, 7) is 4.04. The second-order valence-corrected chi connectivity index (χ2v) is 4.42. The fourth-order valence-electron chi connectivity index (χ4n) is 1.07. The van der Waals surface area contributed by atoms with Crippen molar-refractivity contribution in [1.29, 1.82) is 0 Å². The van der Waals surface area contributed by atoms with Crippen molar-refractivity contribution in [3.05, 3.63) is 0 Å². The Morgan fingerprint density at radius 1 is 1.43 bits per heavy atom. The van der Waals surface area contributed by atoms with E-state index in [0.717, 1.165) is 19.3 Å². The quantitative estimate of drug-likeness (QED) is 0.505. The van der Waals surface area contributed by atoms with Crippen LogP contribution in [0.25, 0.3) is 0 Å². The van der Waals surface area contributed by atoms with Crippen molar-refractivity contribution in [2.45, 2.75) is 39.5 Å². The first-order chi connectivity index (χ1) is 6.52. The number of Topliss-reactive ketones (excluding diaryl/α,β-unsaturated/α-hetero) is 1. The van der Waals surface area contributed by atoms with Gasteiger partial charge in [-0.05, 0) is 12.3 Å². The predicted molar refractivity (Wildman–Crippen MR) is 54.1 cm³/mol. The average Bonchev–Trinajstić information content (AvgIpc) is 2.08. The van der Waals surface area contributed by atoms with Gasteiger partial charge in [0.2, 0.25) is 0 Å². The maximum absolute atomic E-state index is 11.0. The van der Waals surface area contributed by atoms with Gasteiger partial charge in [-0.15, -0.1) is 9.42 Å². The van der Waals surface area contributed by atoms with Gasteiger partial charge in [0.05, 0.1) is 0 Å². The van der Waals surface area contributed by atoms with Crippen LogP contribution in [0.5, 0.6) is 0 Å². The Kier molecular flexibility index (Phi) is 7.86. The molecule has 0 aliphatic rings. The molecule has 0 spiro atoms. The standard InChI is InChI=1S/C9H17O4P/c1-8(2)5-3-4-6-9(10)7-13-14(11)12/h8H,3-7H2,1-2H3/p+1. The molecule has 5 heteroatoms. The SMILES string of the molecule is CC(C)CCCCC(=O)CO[P+](=O)O. The molecule has 0 bridgehead atoms. The van der Waals surface area contributed by atoms with E-state index in [9.17, 15) is 9.36 Å². The number of carbonyl (C=O) groups is 1. The smallest absolute Gasteiger partial charge is 0.297 e. The van der Waals surface area contributed by atoms with E-state index in [1.807, 2.05) is 0 Å². The minimum Gasteiger partial charge on any atom is -0.297 e. The van der Waals surface area contributed by atoms with Gasteiger partial charge in [0.15, 0.2) is 12.4 Å². The highest BCUT2D eigenvalue weighted by Gasteiger charge is 2.14. The number of ketones is 1. The third-order valence-corrected chi connectivity index (χ3v) is 2.17. The molecule has 0 rings (SSSR count). The molecule has 0 saturated heterocycles.